The summed E-state index contributed by atoms with van der Waals surface area (Å²) in [5.41, 5.74) is -0.493. The van der Waals surface area contributed by atoms with Gasteiger partial charge in [0.1, 0.15) is 11.7 Å². The second-order valence-corrected chi connectivity index (χ2v) is 5.17. The lowest BCUT2D eigenvalue weighted by molar-refractivity contribution is -0.150. The van der Waals surface area contributed by atoms with E-state index in [0.29, 0.717) is 31.2 Å². The molecule has 7 nitrogen and oxygen atoms in total. The molecule has 104 valence electrons. The Balaban J connectivity index is 1.73. The van der Waals surface area contributed by atoms with E-state index in [1.807, 2.05) is 6.92 Å². The average molecular weight is 268 g/mol. The molecule has 2 saturated heterocycles. The summed E-state index contributed by atoms with van der Waals surface area (Å²) in [5.74, 6) is -0.0915. The van der Waals surface area contributed by atoms with Crippen molar-refractivity contribution in [2.24, 2.45) is 0 Å². The third kappa shape index (κ3) is 2.23. The fourth-order valence-electron chi connectivity index (χ4n) is 2.54. The zero-order valence-electron chi connectivity index (χ0n) is 10.7. The first-order chi connectivity index (χ1) is 9.08. The molecule has 7 heteroatoms. The highest BCUT2D eigenvalue weighted by Gasteiger charge is 2.39. The molecule has 2 aliphatic heterocycles. The van der Waals surface area contributed by atoms with Gasteiger partial charge < -0.3 is 19.1 Å². The third-order valence-electron chi connectivity index (χ3n) is 3.70. The van der Waals surface area contributed by atoms with Crippen molar-refractivity contribution in [2.75, 3.05) is 6.61 Å². The molecule has 0 spiro atoms. The van der Waals surface area contributed by atoms with Crippen LogP contribution < -0.4 is 0 Å². The van der Waals surface area contributed by atoms with E-state index >= 15 is 0 Å². The number of aliphatic carboxylic acids is 1. The Bertz CT molecular complexity index is 480. The van der Waals surface area contributed by atoms with Gasteiger partial charge in [0, 0.05) is 6.61 Å². The number of carbonyl (C=O) groups is 1. The van der Waals surface area contributed by atoms with Crippen molar-refractivity contribution in [3.8, 4) is 0 Å². The van der Waals surface area contributed by atoms with E-state index in [2.05, 4.69) is 10.1 Å². The quantitative estimate of drug-likeness (QED) is 0.885. The predicted octanol–water partition coefficient (Wildman–Crippen LogP) is 1.40. The Hall–Kier alpha value is -1.47. The monoisotopic (exact) mass is 268 g/mol. The fraction of sp³-hybridized carbons (Fsp3) is 0.750. The average Bonchev–Trinajstić information content (AvgIpc) is 3.08. The standard InChI is InChI=1S/C12H16N2O5/c1-12(5-2-6-17-12)11-13-9(19-14-11)7-3-4-8(18-7)10(15)16/h7-8H,2-6H2,1H3,(H,15,16). The first-order valence-corrected chi connectivity index (χ1v) is 6.45. The van der Waals surface area contributed by atoms with Crippen molar-refractivity contribution >= 4 is 5.97 Å². The molecule has 0 saturated carbocycles. The molecule has 3 atom stereocenters. The van der Waals surface area contributed by atoms with Crippen LogP contribution in [0.2, 0.25) is 0 Å². The number of ether oxygens (including phenoxy) is 2. The number of carboxylic acid groups (broad SMARTS) is 1. The Morgan fingerprint density at radius 3 is 2.95 bits per heavy atom. The van der Waals surface area contributed by atoms with Crippen LogP contribution in [-0.2, 0) is 19.9 Å². The van der Waals surface area contributed by atoms with Crippen molar-refractivity contribution in [1.29, 1.82) is 0 Å². The van der Waals surface area contributed by atoms with Crippen LogP contribution in [-0.4, -0.2) is 33.9 Å². The number of rotatable bonds is 3. The van der Waals surface area contributed by atoms with Gasteiger partial charge in [-0.1, -0.05) is 5.16 Å². The van der Waals surface area contributed by atoms with E-state index in [9.17, 15) is 4.79 Å². The Morgan fingerprint density at radius 2 is 2.32 bits per heavy atom. The lowest BCUT2D eigenvalue weighted by Gasteiger charge is -2.17. The zero-order chi connectivity index (χ0) is 13.5. The molecule has 3 heterocycles. The van der Waals surface area contributed by atoms with Crippen molar-refractivity contribution in [3.63, 3.8) is 0 Å². The molecule has 0 amide bonds. The molecule has 0 radical (unpaired) electrons. The molecule has 1 aromatic heterocycles. The van der Waals surface area contributed by atoms with Crippen LogP contribution in [0.1, 0.15) is 50.4 Å². The number of carboxylic acids is 1. The number of nitrogens with zero attached hydrogens (tertiary/aromatic N) is 2. The highest BCUT2D eigenvalue weighted by atomic mass is 16.6. The number of hydrogen-bond acceptors (Lipinski definition) is 6. The number of hydrogen-bond donors (Lipinski definition) is 1. The minimum absolute atomic E-state index is 0.343. The van der Waals surface area contributed by atoms with Crippen molar-refractivity contribution < 1.29 is 23.9 Å². The summed E-state index contributed by atoms with van der Waals surface area (Å²) in [6.45, 7) is 2.63. The lowest BCUT2D eigenvalue weighted by atomic mass is 10.0. The van der Waals surface area contributed by atoms with E-state index in [-0.39, 0.29) is 0 Å². The van der Waals surface area contributed by atoms with Crippen LogP contribution in [0, 0.1) is 0 Å². The van der Waals surface area contributed by atoms with Crippen LogP contribution in [0.5, 0.6) is 0 Å². The maximum atomic E-state index is 10.8. The second-order valence-electron chi connectivity index (χ2n) is 5.17. The van der Waals surface area contributed by atoms with Gasteiger partial charge in [-0.25, -0.2) is 4.79 Å². The highest BCUT2D eigenvalue weighted by molar-refractivity contribution is 5.72. The molecule has 0 aromatic carbocycles. The Labute approximate surface area is 109 Å². The van der Waals surface area contributed by atoms with Crippen LogP contribution in [0.3, 0.4) is 0 Å². The molecule has 0 bridgehead atoms. The van der Waals surface area contributed by atoms with Gasteiger partial charge in [0.25, 0.3) is 5.89 Å². The molecule has 1 aromatic rings. The largest absolute Gasteiger partial charge is 0.479 e. The maximum absolute atomic E-state index is 10.8. The van der Waals surface area contributed by atoms with Gasteiger partial charge in [-0.3, -0.25) is 0 Å². The van der Waals surface area contributed by atoms with Gasteiger partial charge in [0.05, 0.1) is 0 Å². The van der Waals surface area contributed by atoms with Crippen molar-refractivity contribution in [3.05, 3.63) is 11.7 Å². The van der Waals surface area contributed by atoms with E-state index in [1.54, 1.807) is 0 Å². The third-order valence-corrected chi connectivity index (χ3v) is 3.70. The Kier molecular flexibility index (Phi) is 3.02. The SMILES string of the molecule is CC1(c2noc(C3CCC(C(=O)O)O3)n2)CCCO1. The van der Waals surface area contributed by atoms with E-state index < -0.39 is 23.8 Å². The minimum atomic E-state index is -0.951. The van der Waals surface area contributed by atoms with Gasteiger partial charge in [-0.05, 0) is 32.6 Å². The molecular weight excluding hydrogens is 252 g/mol. The Morgan fingerprint density at radius 1 is 1.47 bits per heavy atom. The van der Waals surface area contributed by atoms with Gasteiger partial charge in [0.15, 0.2) is 6.10 Å². The summed E-state index contributed by atoms with van der Waals surface area (Å²) in [6, 6.07) is 0. The first kappa shape index (κ1) is 12.6. The second kappa shape index (κ2) is 4.57. The summed E-state index contributed by atoms with van der Waals surface area (Å²) in [6.07, 6.45) is 1.67. The summed E-state index contributed by atoms with van der Waals surface area (Å²) >= 11 is 0. The van der Waals surface area contributed by atoms with Gasteiger partial charge >= 0.3 is 5.97 Å². The topological polar surface area (TPSA) is 94.7 Å². The van der Waals surface area contributed by atoms with Gasteiger partial charge in [0.2, 0.25) is 5.82 Å². The summed E-state index contributed by atoms with van der Waals surface area (Å²) in [5, 5.41) is 12.8. The summed E-state index contributed by atoms with van der Waals surface area (Å²) in [4.78, 5) is 15.2. The molecule has 0 aliphatic carbocycles. The normalized spacial score (nSPS) is 34.8. The molecular formula is C12H16N2O5. The minimum Gasteiger partial charge on any atom is -0.479 e. The molecule has 3 rings (SSSR count). The van der Waals surface area contributed by atoms with E-state index in [4.69, 9.17) is 19.1 Å². The molecule has 3 unspecified atom stereocenters. The summed E-state index contributed by atoms with van der Waals surface area (Å²) in [7, 11) is 0. The van der Waals surface area contributed by atoms with Crippen molar-refractivity contribution in [2.45, 2.75) is 50.4 Å². The summed E-state index contributed by atoms with van der Waals surface area (Å²) < 4.78 is 16.2. The highest BCUT2D eigenvalue weighted by Crippen LogP contribution is 2.36. The van der Waals surface area contributed by atoms with Crippen LogP contribution >= 0.6 is 0 Å². The maximum Gasteiger partial charge on any atom is 0.332 e. The lowest BCUT2D eigenvalue weighted by Crippen LogP contribution is -2.22. The molecule has 1 N–H and O–H groups in total. The predicted molar refractivity (Wildman–Crippen MR) is 61.3 cm³/mol. The molecule has 19 heavy (non-hydrogen) atoms. The van der Waals surface area contributed by atoms with Crippen molar-refractivity contribution in [1.82, 2.24) is 10.1 Å². The van der Waals surface area contributed by atoms with Crippen LogP contribution in [0.15, 0.2) is 4.52 Å². The van der Waals surface area contributed by atoms with E-state index in [1.165, 1.54) is 0 Å². The number of aromatic nitrogens is 2. The van der Waals surface area contributed by atoms with Crippen LogP contribution in [0.25, 0.3) is 0 Å². The van der Waals surface area contributed by atoms with Crippen LogP contribution in [0.4, 0.5) is 0 Å². The van der Waals surface area contributed by atoms with E-state index in [0.717, 1.165) is 12.8 Å². The fourth-order valence-corrected chi connectivity index (χ4v) is 2.54. The molecule has 2 fully saturated rings. The zero-order valence-corrected chi connectivity index (χ0v) is 10.7. The first-order valence-electron chi connectivity index (χ1n) is 6.45. The van der Waals surface area contributed by atoms with Gasteiger partial charge in [-0.15, -0.1) is 0 Å². The molecule has 2 aliphatic rings. The smallest absolute Gasteiger partial charge is 0.332 e. The van der Waals surface area contributed by atoms with Gasteiger partial charge in [-0.2, -0.15) is 4.98 Å².